The smallest absolute Gasteiger partial charge is 0.270 e. The minimum atomic E-state index is -0.441. The van der Waals surface area contributed by atoms with E-state index in [1.54, 1.807) is 24.3 Å². The van der Waals surface area contributed by atoms with Crippen molar-refractivity contribution in [3.05, 3.63) is 63.1 Å². The minimum Gasteiger partial charge on any atom is -0.462 e. The van der Waals surface area contributed by atoms with Gasteiger partial charge in [0.05, 0.1) is 5.56 Å². The summed E-state index contributed by atoms with van der Waals surface area (Å²) in [5.41, 5.74) is 5.17. The highest BCUT2D eigenvalue weighted by Gasteiger charge is 2.09. The van der Waals surface area contributed by atoms with E-state index in [2.05, 4.69) is 33.4 Å². The summed E-state index contributed by atoms with van der Waals surface area (Å²) in [5, 5.41) is 0. The lowest BCUT2D eigenvalue weighted by molar-refractivity contribution is -0.117. The Morgan fingerprint density at radius 3 is 2.57 bits per heavy atom. The number of amides is 2. The number of hydrogen-bond donors (Lipinski definition) is 2. The lowest BCUT2D eigenvalue weighted by Gasteiger charge is -2.06. The zero-order chi connectivity index (χ0) is 15.2. The molecule has 5 nitrogen and oxygen atoms in total. The van der Waals surface area contributed by atoms with Crippen LogP contribution in [0.1, 0.15) is 21.9 Å². The third-order valence-corrected chi connectivity index (χ3v) is 3.52. The Morgan fingerprint density at radius 1 is 1.14 bits per heavy atom. The van der Waals surface area contributed by atoms with Gasteiger partial charge >= 0.3 is 0 Å². The van der Waals surface area contributed by atoms with E-state index in [1.165, 1.54) is 12.2 Å². The largest absolute Gasteiger partial charge is 0.462 e. The molecule has 1 heterocycles. The number of carbonyl (C=O) groups excluding carboxylic acids is 2. The maximum absolute atomic E-state index is 11.9. The molecule has 0 bridgehead atoms. The van der Waals surface area contributed by atoms with Crippen LogP contribution in [0.15, 0.2) is 46.9 Å². The van der Waals surface area contributed by atoms with E-state index >= 15 is 0 Å². The number of nitrogens with one attached hydrogen (secondary N) is 2. The summed E-state index contributed by atoms with van der Waals surface area (Å²) in [6.07, 6.45) is 2.81. The molecule has 0 radical (unpaired) electrons. The van der Waals surface area contributed by atoms with Crippen molar-refractivity contribution >= 4 is 40.5 Å². The molecule has 0 atom stereocenters. The van der Waals surface area contributed by atoms with Gasteiger partial charge in [-0.2, -0.15) is 0 Å². The summed E-state index contributed by atoms with van der Waals surface area (Å²) in [5.74, 6) is 0.535. The Labute approximate surface area is 135 Å². The molecule has 2 amide bonds. The summed E-state index contributed by atoms with van der Waals surface area (Å²) in [4.78, 5) is 23.5. The van der Waals surface area contributed by atoms with Gasteiger partial charge in [-0.05, 0) is 59.9 Å². The van der Waals surface area contributed by atoms with Crippen LogP contribution in [-0.4, -0.2) is 11.8 Å². The van der Waals surface area contributed by atoms with Crippen LogP contribution in [0.2, 0.25) is 0 Å². The third-order valence-electron chi connectivity index (χ3n) is 2.58. The molecule has 0 unspecified atom stereocenters. The number of aryl methyl sites for hydroxylation is 1. The lowest BCUT2D eigenvalue weighted by Crippen LogP contribution is -2.41. The van der Waals surface area contributed by atoms with Gasteiger partial charge in [0, 0.05) is 9.65 Å². The van der Waals surface area contributed by atoms with Crippen LogP contribution in [0.25, 0.3) is 6.08 Å². The molecule has 1 aromatic carbocycles. The highest BCUT2D eigenvalue weighted by molar-refractivity contribution is 14.1. The average molecular weight is 396 g/mol. The molecular weight excluding hydrogens is 383 g/mol. The summed E-state index contributed by atoms with van der Waals surface area (Å²) in [6, 6.07) is 10.7. The normalized spacial score (nSPS) is 10.6. The lowest BCUT2D eigenvalue weighted by atomic mass is 10.2. The van der Waals surface area contributed by atoms with E-state index in [0.29, 0.717) is 11.3 Å². The Kier molecular flexibility index (Phi) is 5.15. The van der Waals surface area contributed by atoms with E-state index in [1.807, 2.05) is 19.1 Å². The Bertz CT molecular complexity index is 692. The molecule has 2 N–H and O–H groups in total. The number of hydrazine groups is 1. The fourth-order valence-electron chi connectivity index (χ4n) is 1.57. The van der Waals surface area contributed by atoms with Gasteiger partial charge in [0.25, 0.3) is 11.8 Å². The zero-order valence-corrected chi connectivity index (χ0v) is 13.4. The molecule has 6 heteroatoms. The fraction of sp³-hybridized carbons (Fsp3) is 0.0667. The number of rotatable bonds is 3. The molecule has 2 rings (SSSR count). The van der Waals surface area contributed by atoms with Gasteiger partial charge in [-0.1, -0.05) is 12.1 Å². The monoisotopic (exact) mass is 396 g/mol. The molecule has 0 saturated heterocycles. The second kappa shape index (κ2) is 7.07. The molecule has 0 spiro atoms. The van der Waals surface area contributed by atoms with Crippen molar-refractivity contribution in [2.75, 3.05) is 0 Å². The first-order chi connectivity index (χ1) is 10.1. The van der Waals surface area contributed by atoms with Crippen molar-refractivity contribution < 1.29 is 14.0 Å². The first-order valence-corrected chi connectivity index (χ1v) is 7.23. The standard InChI is InChI=1S/C15H13IN2O3/c1-10-6-7-11(21-10)8-9-14(19)17-18-15(20)12-4-2-3-5-13(12)16/h2-9H,1H3,(H,17,19)(H,18,20). The van der Waals surface area contributed by atoms with Crippen molar-refractivity contribution in [1.82, 2.24) is 10.9 Å². The predicted octanol–water partition coefficient (Wildman–Crippen LogP) is 2.67. The fourth-order valence-corrected chi connectivity index (χ4v) is 2.21. The minimum absolute atomic E-state index is 0.365. The van der Waals surface area contributed by atoms with Gasteiger partial charge in [-0.15, -0.1) is 0 Å². The second-order valence-corrected chi connectivity index (χ2v) is 5.37. The van der Waals surface area contributed by atoms with Crippen molar-refractivity contribution in [2.45, 2.75) is 6.92 Å². The summed E-state index contributed by atoms with van der Waals surface area (Å²) in [6.45, 7) is 1.82. The van der Waals surface area contributed by atoms with Gasteiger partial charge in [0.2, 0.25) is 0 Å². The molecule has 0 fully saturated rings. The molecule has 0 aliphatic carbocycles. The predicted molar refractivity (Wildman–Crippen MR) is 87.2 cm³/mol. The van der Waals surface area contributed by atoms with Gasteiger partial charge in [0.1, 0.15) is 11.5 Å². The van der Waals surface area contributed by atoms with Crippen LogP contribution in [-0.2, 0) is 4.79 Å². The first kappa shape index (κ1) is 15.3. The summed E-state index contributed by atoms with van der Waals surface area (Å²) < 4.78 is 6.10. The third kappa shape index (κ3) is 4.45. The number of halogens is 1. The first-order valence-electron chi connectivity index (χ1n) is 6.15. The molecular formula is C15H13IN2O3. The maximum atomic E-state index is 11.9. The van der Waals surface area contributed by atoms with E-state index in [4.69, 9.17) is 4.42 Å². The number of benzene rings is 1. The number of furan rings is 1. The SMILES string of the molecule is Cc1ccc(C=CC(=O)NNC(=O)c2ccccc2I)o1. The van der Waals surface area contributed by atoms with Crippen LogP contribution in [0.3, 0.4) is 0 Å². The van der Waals surface area contributed by atoms with Gasteiger partial charge in [-0.3, -0.25) is 20.4 Å². The van der Waals surface area contributed by atoms with Crippen molar-refractivity contribution in [3.8, 4) is 0 Å². The second-order valence-electron chi connectivity index (χ2n) is 4.20. The average Bonchev–Trinajstić information content (AvgIpc) is 2.89. The van der Waals surface area contributed by atoms with Crippen LogP contribution in [0.5, 0.6) is 0 Å². The van der Waals surface area contributed by atoms with Crippen LogP contribution in [0, 0.1) is 10.5 Å². The van der Waals surface area contributed by atoms with Gasteiger partial charge in [0.15, 0.2) is 0 Å². The van der Waals surface area contributed by atoms with Crippen LogP contribution >= 0.6 is 22.6 Å². The Balaban J connectivity index is 1.88. The topological polar surface area (TPSA) is 71.3 Å². The van der Waals surface area contributed by atoms with Gasteiger partial charge in [-0.25, -0.2) is 0 Å². The Morgan fingerprint density at radius 2 is 1.90 bits per heavy atom. The summed E-state index contributed by atoms with van der Waals surface area (Å²) >= 11 is 2.06. The van der Waals surface area contributed by atoms with E-state index in [-0.39, 0.29) is 5.91 Å². The highest BCUT2D eigenvalue weighted by atomic mass is 127. The molecule has 21 heavy (non-hydrogen) atoms. The highest BCUT2D eigenvalue weighted by Crippen LogP contribution is 2.10. The van der Waals surface area contributed by atoms with Crippen molar-refractivity contribution in [1.29, 1.82) is 0 Å². The molecule has 0 aliphatic heterocycles. The number of carbonyl (C=O) groups is 2. The molecule has 0 saturated carbocycles. The molecule has 108 valence electrons. The Hall–Kier alpha value is -2.09. The zero-order valence-electron chi connectivity index (χ0n) is 11.2. The molecule has 2 aromatic rings. The van der Waals surface area contributed by atoms with Crippen molar-refractivity contribution in [3.63, 3.8) is 0 Å². The maximum Gasteiger partial charge on any atom is 0.270 e. The molecule has 0 aliphatic rings. The number of hydrogen-bond acceptors (Lipinski definition) is 3. The van der Waals surface area contributed by atoms with E-state index < -0.39 is 5.91 Å². The quantitative estimate of drug-likeness (QED) is 0.476. The van der Waals surface area contributed by atoms with Crippen LogP contribution < -0.4 is 10.9 Å². The van der Waals surface area contributed by atoms with Crippen LogP contribution in [0.4, 0.5) is 0 Å². The van der Waals surface area contributed by atoms with Gasteiger partial charge < -0.3 is 4.42 Å². The van der Waals surface area contributed by atoms with E-state index in [0.717, 1.165) is 9.33 Å². The molecule has 1 aromatic heterocycles. The van der Waals surface area contributed by atoms with Crippen molar-refractivity contribution in [2.24, 2.45) is 0 Å². The summed E-state index contributed by atoms with van der Waals surface area (Å²) in [7, 11) is 0. The van der Waals surface area contributed by atoms with E-state index in [9.17, 15) is 9.59 Å².